The van der Waals surface area contributed by atoms with Gasteiger partial charge in [-0.15, -0.1) is 0 Å². The molecule has 0 saturated carbocycles. The number of rotatable bonds is 3. The molecular weight excluding hydrogens is 487 g/mol. The topological polar surface area (TPSA) is 23.6 Å². The minimum atomic E-state index is 0.129. The van der Waals surface area contributed by atoms with Gasteiger partial charge in [0.1, 0.15) is 0 Å². The Labute approximate surface area is 144 Å². The van der Waals surface area contributed by atoms with Crippen LogP contribution in [0.4, 0.5) is 0 Å². The van der Waals surface area contributed by atoms with E-state index in [1.54, 1.807) is 0 Å². The summed E-state index contributed by atoms with van der Waals surface area (Å²) >= 11 is 9.16. The fourth-order valence-corrected chi connectivity index (χ4v) is 3.53. The van der Waals surface area contributed by atoms with Crippen molar-refractivity contribution in [2.75, 3.05) is 38.1 Å². The van der Waals surface area contributed by atoms with Crippen molar-refractivity contribution in [2.24, 2.45) is 0 Å². The van der Waals surface area contributed by atoms with Crippen molar-refractivity contribution in [3.05, 3.63) is 31.8 Å². The molecular formula is C13H15Br2IN2O. The third kappa shape index (κ3) is 4.15. The largest absolute Gasteiger partial charge is 0.336 e. The van der Waals surface area contributed by atoms with Gasteiger partial charge in [-0.25, -0.2) is 0 Å². The van der Waals surface area contributed by atoms with Crippen LogP contribution in [0.5, 0.6) is 0 Å². The Hall–Kier alpha value is 0.340. The van der Waals surface area contributed by atoms with Crippen LogP contribution in [0.1, 0.15) is 10.4 Å². The maximum absolute atomic E-state index is 12.5. The normalized spacial score (nSPS) is 16.7. The minimum absolute atomic E-state index is 0.129. The standard InChI is InChI=1S/C13H15Br2IN2O/c14-3-4-17-5-7-18(8-6-17)13(19)11-9-10(16)1-2-12(11)15/h1-2,9H,3-8H2. The van der Waals surface area contributed by atoms with E-state index in [1.807, 2.05) is 23.1 Å². The maximum atomic E-state index is 12.5. The Kier molecular flexibility index (Phi) is 6.11. The summed E-state index contributed by atoms with van der Waals surface area (Å²) < 4.78 is 1.96. The molecule has 6 heteroatoms. The van der Waals surface area contributed by atoms with Gasteiger partial charge in [0.15, 0.2) is 0 Å². The fourth-order valence-electron chi connectivity index (χ4n) is 2.13. The summed E-state index contributed by atoms with van der Waals surface area (Å²) in [5.74, 6) is 0.129. The smallest absolute Gasteiger partial charge is 0.255 e. The molecule has 1 fully saturated rings. The molecule has 0 spiro atoms. The van der Waals surface area contributed by atoms with E-state index in [0.29, 0.717) is 0 Å². The zero-order chi connectivity index (χ0) is 13.8. The fraction of sp³-hybridized carbons (Fsp3) is 0.462. The molecule has 0 N–H and O–H groups in total. The highest BCUT2D eigenvalue weighted by atomic mass is 127. The van der Waals surface area contributed by atoms with E-state index in [1.165, 1.54) is 0 Å². The van der Waals surface area contributed by atoms with Gasteiger partial charge in [-0.1, -0.05) is 15.9 Å². The van der Waals surface area contributed by atoms with Crippen LogP contribution in [0.25, 0.3) is 0 Å². The molecule has 104 valence electrons. The van der Waals surface area contributed by atoms with Gasteiger partial charge in [-0.2, -0.15) is 0 Å². The molecule has 1 aromatic rings. The molecule has 0 unspecified atom stereocenters. The highest BCUT2D eigenvalue weighted by Gasteiger charge is 2.23. The average Bonchev–Trinajstić information content (AvgIpc) is 2.42. The molecule has 1 heterocycles. The van der Waals surface area contributed by atoms with Crippen molar-refractivity contribution in [2.45, 2.75) is 0 Å². The molecule has 1 saturated heterocycles. The van der Waals surface area contributed by atoms with E-state index in [0.717, 1.165) is 51.7 Å². The molecule has 0 atom stereocenters. The molecule has 0 radical (unpaired) electrons. The van der Waals surface area contributed by atoms with E-state index in [-0.39, 0.29) is 5.91 Å². The maximum Gasteiger partial charge on any atom is 0.255 e. The highest BCUT2D eigenvalue weighted by molar-refractivity contribution is 14.1. The van der Waals surface area contributed by atoms with E-state index >= 15 is 0 Å². The Morgan fingerprint density at radius 3 is 2.58 bits per heavy atom. The van der Waals surface area contributed by atoms with Crippen LogP contribution in [0.15, 0.2) is 22.7 Å². The van der Waals surface area contributed by atoms with Crippen molar-refractivity contribution in [1.29, 1.82) is 0 Å². The molecule has 19 heavy (non-hydrogen) atoms. The predicted octanol–water partition coefficient (Wildman–Crippen LogP) is 3.21. The number of alkyl halides is 1. The number of nitrogens with zero attached hydrogens (tertiary/aromatic N) is 2. The monoisotopic (exact) mass is 500 g/mol. The summed E-state index contributed by atoms with van der Waals surface area (Å²) in [5, 5.41) is 0.989. The van der Waals surface area contributed by atoms with Crippen molar-refractivity contribution >= 4 is 60.4 Å². The SMILES string of the molecule is O=C(c1cc(I)ccc1Br)N1CCN(CCBr)CC1. The van der Waals surface area contributed by atoms with Crippen LogP contribution < -0.4 is 0 Å². The second kappa shape index (κ2) is 7.38. The lowest BCUT2D eigenvalue weighted by Crippen LogP contribution is -2.49. The van der Waals surface area contributed by atoms with Gasteiger partial charge in [-0.3, -0.25) is 9.69 Å². The number of amides is 1. The lowest BCUT2D eigenvalue weighted by Gasteiger charge is -2.34. The summed E-state index contributed by atoms with van der Waals surface area (Å²) in [4.78, 5) is 16.8. The summed E-state index contributed by atoms with van der Waals surface area (Å²) in [6.45, 7) is 4.58. The predicted molar refractivity (Wildman–Crippen MR) is 93.0 cm³/mol. The van der Waals surface area contributed by atoms with Gasteiger partial charge < -0.3 is 4.90 Å². The van der Waals surface area contributed by atoms with Crippen LogP contribution in [-0.4, -0.2) is 53.8 Å². The van der Waals surface area contributed by atoms with Crippen LogP contribution >= 0.6 is 54.5 Å². The lowest BCUT2D eigenvalue weighted by atomic mass is 10.2. The van der Waals surface area contributed by atoms with Crippen molar-refractivity contribution in [3.63, 3.8) is 0 Å². The lowest BCUT2D eigenvalue weighted by molar-refractivity contribution is 0.0644. The number of hydrogen-bond donors (Lipinski definition) is 0. The highest BCUT2D eigenvalue weighted by Crippen LogP contribution is 2.21. The van der Waals surface area contributed by atoms with Crippen molar-refractivity contribution in [3.8, 4) is 0 Å². The Balaban J connectivity index is 2.03. The number of benzene rings is 1. The molecule has 3 nitrogen and oxygen atoms in total. The van der Waals surface area contributed by atoms with E-state index in [9.17, 15) is 4.79 Å². The third-order valence-electron chi connectivity index (χ3n) is 3.22. The number of halogens is 3. The van der Waals surface area contributed by atoms with Crippen LogP contribution in [-0.2, 0) is 0 Å². The molecule has 1 aliphatic rings. The van der Waals surface area contributed by atoms with Crippen molar-refractivity contribution in [1.82, 2.24) is 9.80 Å². The molecule has 0 aromatic heterocycles. The summed E-state index contributed by atoms with van der Waals surface area (Å²) in [5.41, 5.74) is 0.765. The van der Waals surface area contributed by atoms with E-state index in [2.05, 4.69) is 59.4 Å². The van der Waals surface area contributed by atoms with Gasteiger partial charge in [0.05, 0.1) is 5.56 Å². The van der Waals surface area contributed by atoms with Crippen LogP contribution in [0, 0.1) is 3.57 Å². The zero-order valence-electron chi connectivity index (χ0n) is 10.4. The van der Waals surface area contributed by atoms with E-state index < -0.39 is 0 Å². The quantitative estimate of drug-likeness (QED) is 0.469. The first kappa shape index (κ1) is 15.7. The first-order valence-electron chi connectivity index (χ1n) is 6.14. The summed E-state index contributed by atoms with van der Waals surface area (Å²) in [7, 11) is 0. The van der Waals surface area contributed by atoms with Gasteiger partial charge in [0.2, 0.25) is 0 Å². The summed E-state index contributed by atoms with van der Waals surface area (Å²) in [6, 6.07) is 5.88. The second-order valence-electron chi connectivity index (χ2n) is 4.45. The molecule has 1 amide bonds. The van der Waals surface area contributed by atoms with Gasteiger partial charge >= 0.3 is 0 Å². The average molecular weight is 502 g/mol. The molecule has 2 rings (SSSR count). The minimum Gasteiger partial charge on any atom is -0.336 e. The van der Waals surface area contributed by atoms with Crippen LogP contribution in [0.2, 0.25) is 0 Å². The Morgan fingerprint density at radius 1 is 1.26 bits per heavy atom. The number of carbonyl (C=O) groups excluding carboxylic acids is 1. The molecule has 0 aliphatic carbocycles. The first-order chi connectivity index (χ1) is 9.11. The van der Waals surface area contributed by atoms with Crippen LogP contribution in [0.3, 0.4) is 0 Å². The first-order valence-corrected chi connectivity index (χ1v) is 9.14. The number of hydrogen-bond acceptors (Lipinski definition) is 2. The zero-order valence-corrected chi connectivity index (χ0v) is 15.7. The Bertz CT molecular complexity index is 462. The molecule has 0 bridgehead atoms. The van der Waals surface area contributed by atoms with E-state index in [4.69, 9.17) is 0 Å². The van der Waals surface area contributed by atoms with Gasteiger partial charge in [-0.05, 0) is 56.7 Å². The number of piperazine rings is 1. The molecule has 1 aliphatic heterocycles. The Morgan fingerprint density at radius 2 is 1.95 bits per heavy atom. The molecule has 1 aromatic carbocycles. The summed E-state index contributed by atoms with van der Waals surface area (Å²) in [6.07, 6.45) is 0. The second-order valence-corrected chi connectivity index (χ2v) is 7.34. The van der Waals surface area contributed by atoms with Gasteiger partial charge in [0, 0.05) is 46.1 Å². The van der Waals surface area contributed by atoms with Gasteiger partial charge in [0.25, 0.3) is 5.91 Å². The van der Waals surface area contributed by atoms with Crippen molar-refractivity contribution < 1.29 is 4.79 Å². The third-order valence-corrected chi connectivity index (χ3v) is 4.94. The number of carbonyl (C=O) groups is 1.